The van der Waals surface area contributed by atoms with E-state index in [1.54, 1.807) is 0 Å². The van der Waals surface area contributed by atoms with Crippen molar-refractivity contribution in [3.8, 4) is 0 Å². The molecule has 1 aliphatic rings. The van der Waals surface area contributed by atoms with Crippen molar-refractivity contribution in [2.24, 2.45) is 16.6 Å². The predicted molar refractivity (Wildman–Crippen MR) is 89.8 cm³/mol. The van der Waals surface area contributed by atoms with Gasteiger partial charge in [-0.3, -0.25) is 9.79 Å². The summed E-state index contributed by atoms with van der Waals surface area (Å²) in [6.45, 7) is 7.64. The molecule has 0 aromatic carbocycles. The topological polar surface area (TPSA) is 70.7 Å². The van der Waals surface area contributed by atoms with E-state index in [-0.39, 0.29) is 29.9 Å². The Kier molecular flexibility index (Phi) is 9.99. The molecule has 0 aromatic rings. The van der Waals surface area contributed by atoms with Crippen molar-refractivity contribution in [1.82, 2.24) is 10.2 Å². The Labute approximate surface area is 133 Å². The number of nitrogens with one attached hydrogen (secondary N) is 1. The second kappa shape index (κ2) is 10.3. The summed E-state index contributed by atoms with van der Waals surface area (Å²) in [5, 5.41) is 3.10. The highest BCUT2D eigenvalue weighted by atomic mass is 127. The highest BCUT2D eigenvalue weighted by molar-refractivity contribution is 14.0. The van der Waals surface area contributed by atoms with Crippen molar-refractivity contribution < 1.29 is 4.79 Å². The maximum absolute atomic E-state index is 11.4. The zero-order valence-electron chi connectivity index (χ0n) is 12.0. The molecule has 6 heteroatoms. The normalized spacial score (nSPS) is 15.8. The van der Waals surface area contributed by atoms with Gasteiger partial charge in [0.05, 0.1) is 0 Å². The molecule has 1 saturated heterocycles. The molecule has 0 unspecified atom stereocenters. The van der Waals surface area contributed by atoms with E-state index in [2.05, 4.69) is 24.2 Å². The van der Waals surface area contributed by atoms with Gasteiger partial charge in [0.2, 0.25) is 5.91 Å². The van der Waals surface area contributed by atoms with E-state index in [1.807, 2.05) is 4.90 Å². The van der Waals surface area contributed by atoms with Crippen LogP contribution in [0.4, 0.5) is 0 Å². The third kappa shape index (κ3) is 8.28. The molecule has 1 fully saturated rings. The SMILES string of the molecule is CC(C)CCNC(N)=NCCCN1CCCC1=O.I. The van der Waals surface area contributed by atoms with Gasteiger partial charge in [-0.25, -0.2) is 0 Å². The number of nitrogens with two attached hydrogens (primary N) is 1. The zero-order chi connectivity index (χ0) is 13.4. The summed E-state index contributed by atoms with van der Waals surface area (Å²) < 4.78 is 0. The van der Waals surface area contributed by atoms with Gasteiger partial charge >= 0.3 is 0 Å². The Balaban J connectivity index is 0.00000324. The van der Waals surface area contributed by atoms with Crippen LogP contribution in [-0.4, -0.2) is 42.9 Å². The molecule has 0 aliphatic carbocycles. The maximum atomic E-state index is 11.4. The van der Waals surface area contributed by atoms with Gasteiger partial charge in [-0.1, -0.05) is 13.8 Å². The first kappa shape index (κ1) is 18.5. The van der Waals surface area contributed by atoms with Crippen molar-refractivity contribution in [3.05, 3.63) is 0 Å². The minimum Gasteiger partial charge on any atom is -0.370 e. The van der Waals surface area contributed by atoms with Gasteiger partial charge in [0.15, 0.2) is 5.96 Å². The lowest BCUT2D eigenvalue weighted by molar-refractivity contribution is -0.127. The molecular formula is C13H27IN4O. The molecule has 1 aliphatic heterocycles. The van der Waals surface area contributed by atoms with E-state index in [0.717, 1.165) is 38.9 Å². The highest BCUT2D eigenvalue weighted by Crippen LogP contribution is 2.09. The summed E-state index contributed by atoms with van der Waals surface area (Å²) in [4.78, 5) is 17.5. The van der Waals surface area contributed by atoms with E-state index in [1.165, 1.54) is 0 Å². The second-order valence-electron chi connectivity index (χ2n) is 5.21. The summed E-state index contributed by atoms with van der Waals surface area (Å²) in [6.07, 6.45) is 3.69. The Hall–Kier alpha value is -0.530. The number of aliphatic imine (C=N–C) groups is 1. The van der Waals surface area contributed by atoms with Crippen LogP contribution in [0.2, 0.25) is 0 Å². The molecule has 112 valence electrons. The van der Waals surface area contributed by atoms with Crippen LogP contribution in [0.5, 0.6) is 0 Å². The molecule has 0 saturated carbocycles. The second-order valence-corrected chi connectivity index (χ2v) is 5.21. The van der Waals surface area contributed by atoms with Crippen molar-refractivity contribution in [1.29, 1.82) is 0 Å². The van der Waals surface area contributed by atoms with Gasteiger partial charge in [0, 0.05) is 32.6 Å². The lowest BCUT2D eigenvalue weighted by Gasteiger charge is -2.14. The Morgan fingerprint density at radius 1 is 1.53 bits per heavy atom. The lowest BCUT2D eigenvalue weighted by Crippen LogP contribution is -2.33. The summed E-state index contributed by atoms with van der Waals surface area (Å²) in [5.41, 5.74) is 5.74. The molecule has 1 heterocycles. The number of nitrogens with zero attached hydrogens (tertiary/aromatic N) is 2. The molecule has 19 heavy (non-hydrogen) atoms. The first-order valence-electron chi connectivity index (χ1n) is 6.91. The molecule has 5 nitrogen and oxygen atoms in total. The number of hydrogen-bond donors (Lipinski definition) is 2. The molecule has 1 rings (SSSR count). The Bertz CT molecular complexity index is 294. The van der Waals surface area contributed by atoms with E-state index in [0.29, 0.717) is 24.8 Å². The smallest absolute Gasteiger partial charge is 0.222 e. The first-order chi connectivity index (χ1) is 8.59. The van der Waals surface area contributed by atoms with Gasteiger partial charge in [0.25, 0.3) is 0 Å². The quantitative estimate of drug-likeness (QED) is 0.304. The summed E-state index contributed by atoms with van der Waals surface area (Å²) in [5.74, 6) is 1.47. The third-order valence-corrected chi connectivity index (χ3v) is 3.07. The number of guanidine groups is 1. The third-order valence-electron chi connectivity index (χ3n) is 3.07. The van der Waals surface area contributed by atoms with Gasteiger partial charge in [-0.05, 0) is 25.2 Å². The largest absolute Gasteiger partial charge is 0.370 e. The number of hydrogen-bond acceptors (Lipinski definition) is 2. The van der Waals surface area contributed by atoms with Crippen LogP contribution in [0.25, 0.3) is 0 Å². The number of rotatable bonds is 7. The fourth-order valence-corrected chi connectivity index (χ4v) is 1.95. The van der Waals surface area contributed by atoms with Crippen LogP contribution in [0.1, 0.15) is 39.5 Å². The van der Waals surface area contributed by atoms with Crippen molar-refractivity contribution in [2.45, 2.75) is 39.5 Å². The molecule has 3 N–H and O–H groups in total. The van der Waals surface area contributed by atoms with Crippen LogP contribution in [0.3, 0.4) is 0 Å². The minimum absolute atomic E-state index is 0. The molecule has 0 atom stereocenters. The van der Waals surface area contributed by atoms with Gasteiger partial charge < -0.3 is 16.0 Å². The van der Waals surface area contributed by atoms with Crippen LogP contribution >= 0.6 is 24.0 Å². The van der Waals surface area contributed by atoms with E-state index in [9.17, 15) is 4.79 Å². The van der Waals surface area contributed by atoms with Crippen molar-refractivity contribution in [2.75, 3.05) is 26.2 Å². The number of halogens is 1. The molecule has 0 spiro atoms. The first-order valence-corrected chi connectivity index (χ1v) is 6.91. The van der Waals surface area contributed by atoms with E-state index < -0.39 is 0 Å². The summed E-state index contributed by atoms with van der Waals surface area (Å²) in [7, 11) is 0. The molecule has 0 radical (unpaired) electrons. The number of carbonyl (C=O) groups is 1. The summed E-state index contributed by atoms with van der Waals surface area (Å²) >= 11 is 0. The minimum atomic E-state index is 0. The standard InChI is InChI=1S/C13H26N4O.HI/c1-11(2)6-8-16-13(14)15-7-4-10-17-9-3-5-12(17)18;/h11H,3-10H2,1-2H3,(H3,14,15,16);1H. The van der Waals surface area contributed by atoms with Crippen LogP contribution in [0.15, 0.2) is 4.99 Å². The molecule has 0 bridgehead atoms. The maximum Gasteiger partial charge on any atom is 0.222 e. The monoisotopic (exact) mass is 382 g/mol. The zero-order valence-corrected chi connectivity index (χ0v) is 14.4. The molecule has 0 aromatic heterocycles. The fraction of sp³-hybridized carbons (Fsp3) is 0.846. The summed E-state index contributed by atoms with van der Waals surface area (Å²) in [6, 6.07) is 0. The van der Waals surface area contributed by atoms with Crippen LogP contribution in [0, 0.1) is 5.92 Å². The van der Waals surface area contributed by atoms with Crippen LogP contribution < -0.4 is 11.1 Å². The lowest BCUT2D eigenvalue weighted by atomic mass is 10.1. The van der Waals surface area contributed by atoms with Crippen LogP contribution in [-0.2, 0) is 4.79 Å². The number of likely N-dealkylation sites (tertiary alicyclic amines) is 1. The average molecular weight is 382 g/mol. The van der Waals surface area contributed by atoms with Gasteiger partial charge in [-0.15, -0.1) is 24.0 Å². The average Bonchev–Trinajstić information content (AvgIpc) is 2.70. The van der Waals surface area contributed by atoms with E-state index in [4.69, 9.17) is 5.73 Å². The highest BCUT2D eigenvalue weighted by Gasteiger charge is 2.18. The Morgan fingerprint density at radius 2 is 2.26 bits per heavy atom. The van der Waals surface area contributed by atoms with Gasteiger partial charge in [-0.2, -0.15) is 0 Å². The molecular weight excluding hydrogens is 355 g/mol. The Morgan fingerprint density at radius 3 is 2.84 bits per heavy atom. The van der Waals surface area contributed by atoms with Gasteiger partial charge in [0.1, 0.15) is 0 Å². The van der Waals surface area contributed by atoms with Crippen molar-refractivity contribution in [3.63, 3.8) is 0 Å². The van der Waals surface area contributed by atoms with E-state index >= 15 is 0 Å². The molecule has 1 amide bonds. The predicted octanol–water partition coefficient (Wildman–Crippen LogP) is 1.57. The number of carbonyl (C=O) groups excluding carboxylic acids is 1. The number of amides is 1. The fourth-order valence-electron chi connectivity index (χ4n) is 1.95. The van der Waals surface area contributed by atoms with Crippen molar-refractivity contribution >= 4 is 35.8 Å².